The zero-order chi connectivity index (χ0) is 21.1. The van der Waals surface area contributed by atoms with E-state index in [0.29, 0.717) is 17.7 Å². The van der Waals surface area contributed by atoms with Crippen molar-refractivity contribution in [3.63, 3.8) is 0 Å². The van der Waals surface area contributed by atoms with Crippen molar-refractivity contribution in [2.45, 2.75) is 64.3 Å². The summed E-state index contributed by atoms with van der Waals surface area (Å²) in [6, 6.07) is 6.35. The third-order valence-corrected chi connectivity index (χ3v) is 6.21. The number of hydrogen-bond acceptors (Lipinski definition) is 6. The average Bonchev–Trinajstić information content (AvgIpc) is 2.74. The molecule has 30 heavy (non-hydrogen) atoms. The van der Waals surface area contributed by atoms with E-state index in [9.17, 15) is 14.5 Å². The molecule has 4 rings (SSSR count). The lowest BCUT2D eigenvalue weighted by Crippen LogP contribution is -2.47. The number of nitrogens with one attached hydrogen (secondary N) is 1. The van der Waals surface area contributed by atoms with Crippen LogP contribution in [0.1, 0.15) is 57.6 Å². The zero-order valence-corrected chi connectivity index (χ0v) is 17.3. The van der Waals surface area contributed by atoms with Crippen LogP contribution in [0.2, 0.25) is 0 Å². The number of aryl methyl sites for hydroxylation is 1. The molecule has 2 aliphatic rings. The molecule has 7 nitrogen and oxygen atoms in total. The first kappa shape index (κ1) is 20.5. The van der Waals surface area contributed by atoms with Gasteiger partial charge < -0.3 is 10.2 Å². The summed E-state index contributed by atoms with van der Waals surface area (Å²) in [7, 11) is 0. The number of halogens is 1. The minimum atomic E-state index is -0.858. The number of benzene rings is 1. The second-order valence-electron chi connectivity index (χ2n) is 8.29. The third-order valence-electron chi connectivity index (χ3n) is 6.21. The zero-order valence-electron chi connectivity index (χ0n) is 17.3. The molecule has 1 aromatic heterocycles. The summed E-state index contributed by atoms with van der Waals surface area (Å²) in [5.74, 6) is 1.19. The molecule has 0 spiro atoms. The van der Waals surface area contributed by atoms with Gasteiger partial charge in [-0.25, -0.2) is 4.98 Å². The molecule has 2 heterocycles. The standard InChI is InChI=1S/C22H28FN5O2/c1-2-6-16-14-21(27-12-5-8-15-7-3-4-9-19(15)27)26-22(24-16)25-17-10-11-18(23)20(13-17)28(29)30/h10-11,13-15,19H,2-9,12H2,1H3,(H,24,25,26). The highest BCUT2D eigenvalue weighted by molar-refractivity contribution is 5.59. The Hall–Kier alpha value is -2.77. The molecule has 2 unspecified atom stereocenters. The lowest BCUT2D eigenvalue weighted by Gasteiger charge is -2.44. The third kappa shape index (κ3) is 4.37. The van der Waals surface area contributed by atoms with Crippen LogP contribution >= 0.6 is 0 Å². The van der Waals surface area contributed by atoms with E-state index in [1.165, 1.54) is 50.7 Å². The molecule has 1 saturated carbocycles. The van der Waals surface area contributed by atoms with Crippen molar-refractivity contribution in [3.8, 4) is 0 Å². The second-order valence-corrected chi connectivity index (χ2v) is 8.29. The topological polar surface area (TPSA) is 84.2 Å². The molecule has 2 fully saturated rings. The van der Waals surface area contributed by atoms with Crippen molar-refractivity contribution in [1.82, 2.24) is 9.97 Å². The Morgan fingerprint density at radius 1 is 1.20 bits per heavy atom. The molecule has 1 aromatic carbocycles. The Morgan fingerprint density at radius 3 is 2.80 bits per heavy atom. The van der Waals surface area contributed by atoms with Gasteiger partial charge in [-0.3, -0.25) is 10.1 Å². The summed E-state index contributed by atoms with van der Waals surface area (Å²) in [5, 5.41) is 14.1. The molecule has 2 aromatic rings. The van der Waals surface area contributed by atoms with Gasteiger partial charge in [0, 0.05) is 36.1 Å². The normalized spacial score (nSPS) is 21.2. The number of anilines is 3. The van der Waals surface area contributed by atoms with E-state index in [1.54, 1.807) is 0 Å². The van der Waals surface area contributed by atoms with E-state index < -0.39 is 16.4 Å². The summed E-state index contributed by atoms with van der Waals surface area (Å²) in [5.41, 5.74) is 0.780. The van der Waals surface area contributed by atoms with Crippen molar-refractivity contribution < 1.29 is 9.31 Å². The number of fused-ring (bicyclic) bond motifs is 1. The minimum Gasteiger partial charge on any atom is -0.353 e. The lowest BCUT2D eigenvalue weighted by molar-refractivity contribution is -0.387. The van der Waals surface area contributed by atoms with Crippen LogP contribution in [-0.2, 0) is 6.42 Å². The number of rotatable bonds is 6. The van der Waals surface area contributed by atoms with Crippen molar-refractivity contribution in [3.05, 3.63) is 45.9 Å². The maximum atomic E-state index is 13.7. The fraction of sp³-hybridized carbons (Fsp3) is 0.545. The van der Waals surface area contributed by atoms with Gasteiger partial charge in [0.05, 0.1) is 4.92 Å². The van der Waals surface area contributed by atoms with Crippen LogP contribution < -0.4 is 10.2 Å². The van der Waals surface area contributed by atoms with E-state index >= 15 is 0 Å². The van der Waals surface area contributed by atoms with E-state index in [4.69, 9.17) is 4.98 Å². The van der Waals surface area contributed by atoms with Gasteiger partial charge in [-0.15, -0.1) is 0 Å². The van der Waals surface area contributed by atoms with Crippen LogP contribution in [0, 0.1) is 21.8 Å². The van der Waals surface area contributed by atoms with Gasteiger partial charge in [-0.2, -0.15) is 9.37 Å². The molecule has 2 atom stereocenters. The number of aromatic nitrogens is 2. The Labute approximate surface area is 175 Å². The maximum Gasteiger partial charge on any atom is 0.306 e. The van der Waals surface area contributed by atoms with Crippen molar-refractivity contribution in [2.24, 2.45) is 5.92 Å². The molecule has 0 radical (unpaired) electrons. The quantitative estimate of drug-likeness (QED) is 0.506. The van der Waals surface area contributed by atoms with Crippen molar-refractivity contribution in [2.75, 3.05) is 16.8 Å². The summed E-state index contributed by atoms with van der Waals surface area (Å²) < 4.78 is 13.7. The minimum absolute atomic E-state index is 0.398. The Balaban J connectivity index is 1.65. The highest BCUT2D eigenvalue weighted by Gasteiger charge is 2.34. The monoisotopic (exact) mass is 413 g/mol. The summed E-state index contributed by atoms with van der Waals surface area (Å²) in [6.07, 6.45) is 9.31. The highest BCUT2D eigenvalue weighted by Crippen LogP contribution is 2.37. The first-order valence-electron chi connectivity index (χ1n) is 10.9. The molecule has 0 bridgehead atoms. The van der Waals surface area contributed by atoms with Gasteiger partial charge >= 0.3 is 5.69 Å². The SMILES string of the molecule is CCCc1cc(N2CCCC3CCCCC32)nc(Nc2ccc(F)c([N+](=O)[O-])c2)n1. The smallest absolute Gasteiger partial charge is 0.306 e. The Morgan fingerprint density at radius 2 is 2.00 bits per heavy atom. The molecule has 1 aliphatic carbocycles. The average molecular weight is 413 g/mol. The van der Waals surface area contributed by atoms with Crippen LogP contribution in [-0.4, -0.2) is 27.5 Å². The van der Waals surface area contributed by atoms with Crippen LogP contribution in [0.4, 0.5) is 27.5 Å². The van der Waals surface area contributed by atoms with Gasteiger partial charge in [-0.05, 0) is 50.2 Å². The summed E-state index contributed by atoms with van der Waals surface area (Å²) >= 11 is 0. The first-order valence-corrected chi connectivity index (χ1v) is 10.9. The predicted molar refractivity (Wildman–Crippen MR) is 115 cm³/mol. The van der Waals surface area contributed by atoms with Crippen LogP contribution in [0.25, 0.3) is 0 Å². The van der Waals surface area contributed by atoms with E-state index in [1.807, 2.05) is 0 Å². The number of piperidine rings is 1. The molecule has 160 valence electrons. The molecule has 8 heteroatoms. The number of nitrogens with zero attached hydrogens (tertiary/aromatic N) is 4. The molecule has 1 aliphatic heterocycles. The van der Waals surface area contributed by atoms with Gasteiger partial charge in [0.1, 0.15) is 5.82 Å². The fourth-order valence-electron chi connectivity index (χ4n) is 4.84. The van der Waals surface area contributed by atoms with Gasteiger partial charge in [0.15, 0.2) is 0 Å². The number of nitro groups is 1. The van der Waals surface area contributed by atoms with Crippen LogP contribution in [0.5, 0.6) is 0 Å². The summed E-state index contributed by atoms with van der Waals surface area (Å²) in [4.78, 5) is 22.1. The van der Waals surface area contributed by atoms with Crippen LogP contribution in [0.15, 0.2) is 24.3 Å². The van der Waals surface area contributed by atoms with Crippen molar-refractivity contribution >= 4 is 23.1 Å². The van der Waals surface area contributed by atoms with Gasteiger partial charge in [0.2, 0.25) is 11.8 Å². The molecule has 1 saturated heterocycles. The second kappa shape index (κ2) is 8.93. The molecular formula is C22H28FN5O2. The van der Waals surface area contributed by atoms with Crippen LogP contribution in [0.3, 0.4) is 0 Å². The van der Waals surface area contributed by atoms with Crippen molar-refractivity contribution in [1.29, 1.82) is 0 Å². The maximum absolute atomic E-state index is 13.7. The molecule has 0 amide bonds. The highest BCUT2D eigenvalue weighted by atomic mass is 19.1. The predicted octanol–water partition coefficient (Wildman–Crippen LogP) is 5.38. The fourth-order valence-corrected chi connectivity index (χ4v) is 4.84. The lowest BCUT2D eigenvalue weighted by atomic mass is 9.78. The Kier molecular flexibility index (Phi) is 6.11. The number of nitro benzene ring substituents is 1. The number of hydrogen-bond donors (Lipinski definition) is 1. The van der Waals surface area contributed by atoms with Gasteiger partial charge in [-0.1, -0.05) is 26.2 Å². The van der Waals surface area contributed by atoms with E-state index in [-0.39, 0.29) is 0 Å². The molecular weight excluding hydrogens is 385 g/mol. The first-order chi connectivity index (χ1) is 14.5. The Bertz CT molecular complexity index is 920. The van der Waals surface area contributed by atoms with E-state index in [2.05, 4.69) is 28.2 Å². The summed E-state index contributed by atoms with van der Waals surface area (Å²) in [6.45, 7) is 3.10. The largest absolute Gasteiger partial charge is 0.353 e. The molecule has 1 N–H and O–H groups in total. The van der Waals surface area contributed by atoms with Gasteiger partial charge in [0.25, 0.3) is 0 Å². The van der Waals surface area contributed by atoms with E-state index in [0.717, 1.165) is 42.9 Å².